The molecule has 0 fully saturated rings. The molecular formula is C17H24N2. The van der Waals surface area contributed by atoms with E-state index in [1.54, 1.807) is 0 Å². The van der Waals surface area contributed by atoms with Gasteiger partial charge in [0.05, 0.1) is 6.20 Å². The summed E-state index contributed by atoms with van der Waals surface area (Å²) in [4.78, 5) is 0. The van der Waals surface area contributed by atoms with Crippen LogP contribution in [-0.4, -0.2) is 9.78 Å². The minimum atomic E-state index is 0.405. The summed E-state index contributed by atoms with van der Waals surface area (Å²) in [5.41, 5.74) is 6.68. The van der Waals surface area contributed by atoms with Gasteiger partial charge in [0.25, 0.3) is 0 Å². The van der Waals surface area contributed by atoms with Crippen LogP contribution in [0.2, 0.25) is 0 Å². The lowest BCUT2D eigenvalue weighted by molar-refractivity contribution is 0.532. The first-order valence-electron chi connectivity index (χ1n) is 7.05. The van der Waals surface area contributed by atoms with Gasteiger partial charge in [0.15, 0.2) is 0 Å². The van der Waals surface area contributed by atoms with Gasteiger partial charge in [-0.25, -0.2) is 0 Å². The van der Waals surface area contributed by atoms with E-state index in [0.29, 0.717) is 12.0 Å². The van der Waals surface area contributed by atoms with Gasteiger partial charge in [-0.2, -0.15) is 5.10 Å². The maximum atomic E-state index is 4.47. The van der Waals surface area contributed by atoms with Crippen LogP contribution in [0.4, 0.5) is 0 Å². The second kappa shape index (κ2) is 5.20. The summed E-state index contributed by atoms with van der Waals surface area (Å²) in [6, 6.07) is 4.97. The molecule has 0 saturated heterocycles. The second-order valence-electron chi connectivity index (χ2n) is 6.00. The van der Waals surface area contributed by atoms with Crippen molar-refractivity contribution in [3.8, 4) is 11.1 Å². The zero-order chi connectivity index (χ0) is 14.2. The fourth-order valence-electron chi connectivity index (χ4n) is 2.60. The number of benzene rings is 1. The summed E-state index contributed by atoms with van der Waals surface area (Å²) in [6.07, 6.45) is 4.15. The van der Waals surface area contributed by atoms with Crippen molar-refractivity contribution in [2.75, 3.05) is 0 Å². The SMILES string of the molecule is Cc1cc(C)c(-c2cnn(C(C)C)c2)c(C(C)C)c1. The van der Waals surface area contributed by atoms with Gasteiger partial charge in [-0.1, -0.05) is 31.5 Å². The molecule has 0 unspecified atom stereocenters. The highest BCUT2D eigenvalue weighted by Crippen LogP contribution is 2.33. The molecule has 2 nitrogen and oxygen atoms in total. The van der Waals surface area contributed by atoms with Crippen LogP contribution in [0.5, 0.6) is 0 Å². The number of hydrogen-bond donors (Lipinski definition) is 0. The highest BCUT2D eigenvalue weighted by molar-refractivity contribution is 5.71. The van der Waals surface area contributed by atoms with E-state index in [0.717, 1.165) is 0 Å². The van der Waals surface area contributed by atoms with E-state index in [9.17, 15) is 0 Å². The summed E-state index contributed by atoms with van der Waals surface area (Å²) < 4.78 is 2.03. The predicted octanol–water partition coefficient (Wildman–Crippen LogP) is 4.87. The highest BCUT2D eigenvalue weighted by Gasteiger charge is 2.14. The molecule has 2 heteroatoms. The van der Waals surface area contributed by atoms with Crippen molar-refractivity contribution in [2.45, 2.75) is 53.5 Å². The summed E-state index contributed by atoms with van der Waals surface area (Å²) in [7, 11) is 0. The van der Waals surface area contributed by atoms with Crippen LogP contribution in [0, 0.1) is 13.8 Å². The van der Waals surface area contributed by atoms with Crippen LogP contribution in [0.25, 0.3) is 11.1 Å². The number of hydrogen-bond acceptors (Lipinski definition) is 1. The molecule has 0 atom stereocenters. The zero-order valence-electron chi connectivity index (χ0n) is 12.9. The normalized spacial score (nSPS) is 11.6. The van der Waals surface area contributed by atoms with Gasteiger partial charge in [-0.15, -0.1) is 0 Å². The minimum Gasteiger partial charge on any atom is -0.270 e. The molecule has 0 bridgehead atoms. The third-order valence-electron chi connectivity index (χ3n) is 3.55. The van der Waals surface area contributed by atoms with Crippen molar-refractivity contribution < 1.29 is 0 Å². The molecule has 1 aromatic carbocycles. The van der Waals surface area contributed by atoms with E-state index >= 15 is 0 Å². The van der Waals surface area contributed by atoms with Crippen LogP contribution >= 0.6 is 0 Å². The van der Waals surface area contributed by atoms with E-state index in [-0.39, 0.29) is 0 Å². The maximum absolute atomic E-state index is 4.47. The van der Waals surface area contributed by atoms with E-state index in [2.05, 4.69) is 65.0 Å². The Morgan fingerprint density at radius 3 is 2.26 bits per heavy atom. The average molecular weight is 256 g/mol. The lowest BCUT2D eigenvalue weighted by Gasteiger charge is -2.16. The van der Waals surface area contributed by atoms with Crippen molar-refractivity contribution in [1.82, 2.24) is 9.78 Å². The van der Waals surface area contributed by atoms with E-state index in [1.807, 2.05) is 10.9 Å². The molecule has 0 aliphatic heterocycles. The number of aryl methyl sites for hydroxylation is 2. The third kappa shape index (κ3) is 2.73. The Kier molecular flexibility index (Phi) is 3.79. The van der Waals surface area contributed by atoms with Crippen molar-refractivity contribution in [1.29, 1.82) is 0 Å². The Balaban J connectivity index is 2.59. The van der Waals surface area contributed by atoms with E-state index < -0.39 is 0 Å². The van der Waals surface area contributed by atoms with Gasteiger partial charge in [-0.05, 0) is 50.3 Å². The standard InChI is InChI=1S/C17H24N2/c1-11(2)16-8-13(5)7-14(6)17(16)15-9-18-19(10-15)12(3)4/h7-12H,1-6H3. The Labute approximate surface area is 116 Å². The number of nitrogens with zero attached hydrogens (tertiary/aromatic N) is 2. The molecule has 1 heterocycles. The Hall–Kier alpha value is -1.57. The quantitative estimate of drug-likeness (QED) is 0.766. The second-order valence-corrected chi connectivity index (χ2v) is 6.00. The summed E-state index contributed by atoms with van der Waals surface area (Å²) in [5, 5.41) is 4.47. The molecule has 0 amide bonds. The molecule has 2 rings (SSSR count). The molecule has 0 spiro atoms. The maximum Gasteiger partial charge on any atom is 0.0568 e. The lowest BCUT2D eigenvalue weighted by atomic mass is 9.89. The molecular weight excluding hydrogens is 232 g/mol. The van der Waals surface area contributed by atoms with Gasteiger partial charge < -0.3 is 0 Å². The van der Waals surface area contributed by atoms with Crippen molar-refractivity contribution in [2.24, 2.45) is 0 Å². The predicted molar refractivity (Wildman–Crippen MR) is 81.6 cm³/mol. The largest absolute Gasteiger partial charge is 0.270 e. The fourth-order valence-corrected chi connectivity index (χ4v) is 2.60. The van der Waals surface area contributed by atoms with Crippen molar-refractivity contribution in [3.63, 3.8) is 0 Å². The molecule has 0 N–H and O–H groups in total. The average Bonchev–Trinajstić information content (AvgIpc) is 2.76. The molecule has 19 heavy (non-hydrogen) atoms. The van der Waals surface area contributed by atoms with Gasteiger partial charge in [-0.3, -0.25) is 4.68 Å². The molecule has 0 radical (unpaired) electrons. The monoisotopic (exact) mass is 256 g/mol. The first-order chi connectivity index (χ1) is 8.90. The van der Waals surface area contributed by atoms with Gasteiger partial charge in [0, 0.05) is 17.8 Å². The Morgan fingerprint density at radius 2 is 1.74 bits per heavy atom. The Bertz CT molecular complexity index is 577. The summed E-state index contributed by atoms with van der Waals surface area (Å²) in [5.74, 6) is 0.524. The van der Waals surface area contributed by atoms with Gasteiger partial charge >= 0.3 is 0 Å². The van der Waals surface area contributed by atoms with Crippen LogP contribution < -0.4 is 0 Å². The molecule has 0 aliphatic rings. The summed E-state index contributed by atoms with van der Waals surface area (Å²) in [6.45, 7) is 13.2. The minimum absolute atomic E-state index is 0.405. The van der Waals surface area contributed by atoms with Crippen LogP contribution in [0.15, 0.2) is 24.5 Å². The molecule has 0 saturated carbocycles. The van der Waals surface area contributed by atoms with Gasteiger partial charge in [0.1, 0.15) is 0 Å². The lowest BCUT2D eigenvalue weighted by Crippen LogP contribution is -2.00. The molecule has 0 aliphatic carbocycles. The molecule has 1 aromatic heterocycles. The third-order valence-corrected chi connectivity index (χ3v) is 3.55. The summed E-state index contributed by atoms with van der Waals surface area (Å²) >= 11 is 0. The first kappa shape index (κ1) is 13.9. The fraction of sp³-hybridized carbons (Fsp3) is 0.471. The van der Waals surface area contributed by atoms with Crippen LogP contribution in [-0.2, 0) is 0 Å². The number of aromatic nitrogens is 2. The number of rotatable bonds is 3. The van der Waals surface area contributed by atoms with Gasteiger partial charge in [0.2, 0.25) is 0 Å². The zero-order valence-corrected chi connectivity index (χ0v) is 12.9. The van der Waals surface area contributed by atoms with Crippen LogP contribution in [0.3, 0.4) is 0 Å². The van der Waals surface area contributed by atoms with Crippen molar-refractivity contribution in [3.05, 3.63) is 41.2 Å². The Morgan fingerprint density at radius 1 is 1.05 bits per heavy atom. The first-order valence-corrected chi connectivity index (χ1v) is 7.05. The molecule has 102 valence electrons. The van der Waals surface area contributed by atoms with Crippen LogP contribution in [0.1, 0.15) is 56.3 Å². The van der Waals surface area contributed by atoms with E-state index in [4.69, 9.17) is 0 Å². The van der Waals surface area contributed by atoms with Crippen molar-refractivity contribution >= 4 is 0 Å². The van der Waals surface area contributed by atoms with E-state index in [1.165, 1.54) is 27.8 Å². The molecule has 2 aromatic rings. The highest BCUT2D eigenvalue weighted by atomic mass is 15.3. The smallest absolute Gasteiger partial charge is 0.0568 e. The topological polar surface area (TPSA) is 17.8 Å².